The molecule has 3 aliphatic rings. The zero-order valence-electron chi connectivity index (χ0n) is 57.1. The van der Waals surface area contributed by atoms with E-state index < -0.39 is 124 Å². The third kappa shape index (κ3) is 36.1. The molecule has 3 rings (SSSR count). The van der Waals surface area contributed by atoms with E-state index in [9.17, 15) is 61.0 Å². The predicted octanol–water partition coefficient (Wildman–Crippen LogP) is 10.8. The lowest BCUT2D eigenvalue weighted by Gasteiger charge is -2.48. The second kappa shape index (κ2) is 54.5. The van der Waals surface area contributed by atoms with E-state index in [0.29, 0.717) is 6.42 Å². The SMILES string of the molecule is CCCCCCCCCCCCCCCCCCCCCCCCCCCCC/C=C/C(O)C(COC1OC(CO)C(OC2OC(CO)C(OC3OC(CO)C(O)C(O)C3O)C(O)C2O)C(O)C1O)NC(=O)CCCCCCCCCCCCCCCCCCC. The average Bonchev–Trinajstić information content (AvgIpc) is 0.885. The highest BCUT2D eigenvalue weighted by molar-refractivity contribution is 5.76. The van der Waals surface area contributed by atoms with E-state index in [4.69, 9.17) is 28.4 Å². The van der Waals surface area contributed by atoms with E-state index in [1.807, 2.05) is 6.08 Å². The number of allylic oxidation sites excluding steroid dienone is 1. The number of ether oxygens (including phenoxy) is 6. The maximum Gasteiger partial charge on any atom is 0.220 e. The molecule has 3 heterocycles. The smallest absolute Gasteiger partial charge is 0.220 e. The van der Waals surface area contributed by atoms with Crippen molar-refractivity contribution in [2.24, 2.45) is 0 Å². The molecule has 1 amide bonds. The van der Waals surface area contributed by atoms with Crippen LogP contribution in [-0.2, 0) is 33.2 Å². The Morgan fingerprint density at radius 2 is 0.681 bits per heavy atom. The Morgan fingerprint density at radius 3 is 1.03 bits per heavy atom. The molecular weight excluding hydrogens is 1170 g/mol. The van der Waals surface area contributed by atoms with Gasteiger partial charge in [-0.25, -0.2) is 0 Å². The van der Waals surface area contributed by atoms with E-state index >= 15 is 0 Å². The van der Waals surface area contributed by atoms with Crippen LogP contribution in [0.4, 0.5) is 0 Å². The minimum Gasteiger partial charge on any atom is -0.394 e. The van der Waals surface area contributed by atoms with Gasteiger partial charge in [-0.2, -0.15) is 0 Å². The van der Waals surface area contributed by atoms with Crippen LogP contribution < -0.4 is 5.32 Å². The number of rotatable bonds is 59. The van der Waals surface area contributed by atoms with Gasteiger partial charge in [0.2, 0.25) is 5.91 Å². The first-order chi connectivity index (χ1) is 44.3. The maximum atomic E-state index is 13.4. The zero-order chi connectivity index (χ0) is 66.1. The maximum absolute atomic E-state index is 13.4. The van der Waals surface area contributed by atoms with Crippen LogP contribution in [0.3, 0.4) is 0 Å². The Kier molecular flexibility index (Phi) is 50.2. The molecule has 0 aromatic heterocycles. The fraction of sp³-hybridized carbons (Fsp3) is 0.958. The number of nitrogens with one attached hydrogen (secondary N) is 1. The number of carbonyl (C=O) groups is 1. The first kappa shape index (κ1) is 83.8. The summed E-state index contributed by atoms with van der Waals surface area (Å²) in [7, 11) is 0. The number of hydrogen-bond acceptors (Lipinski definition) is 18. The Bertz CT molecular complexity index is 1700. The first-order valence-corrected chi connectivity index (χ1v) is 37.4. The highest BCUT2D eigenvalue weighted by Gasteiger charge is 2.53. The van der Waals surface area contributed by atoms with Crippen molar-refractivity contribution >= 4 is 5.91 Å². The van der Waals surface area contributed by atoms with Crippen molar-refractivity contribution in [1.29, 1.82) is 0 Å². The number of hydrogen-bond donors (Lipinski definition) is 12. The molecule has 3 aliphatic heterocycles. The third-order valence-corrected chi connectivity index (χ3v) is 19.1. The number of aliphatic hydroxyl groups is 11. The van der Waals surface area contributed by atoms with Gasteiger partial charge in [0.05, 0.1) is 38.6 Å². The van der Waals surface area contributed by atoms with Gasteiger partial charge in [-0.15, -0.1) is 0 Å². The fourth-order valence-corrected chi connectivity index (χ4v) is 13.0. The van der Waals surface area contributed by atoms with Gasteiger partial charge in [-0.05, 0) is 19.3 Å². The largest absolute Gasteiger partial charge is 0.394 e. The van der Waals surface area contributed by atoms with Gasteiger partial charge in [-0.3, -0.25) is 4.79 Å². The average molecular weight is 1300 g/mol. The predicted molar refractivity (Wildman–Crippen MR) is 356 cm³/mol. The summed E-state index contributed by atoms with van der Waals surface area (Å²) in [5, 5.41) is 121. The van der Waals surface area contributed by atoms with Gasteiger partial charge in [0.25, 0.3) is 0 Å². The van der Waals surface area contributed by atoms with Crippen molar-refractivity contribution in [2.75, 3.05) is 26.4 Å². The van der Waals surface area contributed by atoms with E-state index in [1.54, 1.807) is 6.08 Å². The van der Waals surface area contributed by atoms with E-state index in [2.05, 4.69) is 19.2 Å². The lowest BCUT2D eigenvalue weighted by Crippen LogP contribution is -2.66. The summed E-state index contributed by atoms with van der Waals surface area (Å²) in [6, 6.07) is -0.969. The third-order valence-electron chi connectivity index (χ3n) is 19.1. The van der Waals surface area contributed by atoms with Gasteiger partial charge in [0.15, 0.2) is 18.9 Å². The Balaban J connectivity index is 1.39. The fourth-order valence-electron chi connectivity index (χ4n) is 13.0. The quantitative estimate of drug-likeness (QED) is 0.0199. The molecule has 19 heteroatoms. The zero-order valence-corrected chi connectivity index (χ0v) is 57.1. The molecule has 91 heavy (non-hydrogen) atoms. The normalized spacial score (nSPS) is 27.9. The van der Waals surface area contributed by atoms with Crippen molar-refractivity contribution in [3.63, 3.8) is 0 Å². The highest BCUT2D eigenvalue weighted by Crippen LogP contribution is 2.33. The topological polar surface area (TPSA) is 307 Å². The van der Waals surface area contributed by atoms with E-state index in [1.165, 1.54) is 238 Å². The van der Waals surface area contributed by atoms with Crippen LogP contribution in [0, 0.1) is 0 Å². The molecule has 17 unspecified atom stereocenters. The molecule has 3 saturated heterocycles. The summed E-state index contributed by atoms with van der Waals surface area (Å²) in [5.41, 5.74) is 0. The van der Waals surface area contributed by atoms with Crippen LogP contribution in [0.1, 0.15) is 309 Å². The first-order valence-electron chi connectivity index (χ1n) is 37.4. The number of unbranched alkanes of at least 4 members (excludes halogenated alkanes) is 43. The number of amides is 1. The van der Waals surface area contributed by atoms with Crippen LogP contribution in [0.5, 0.6) is 0 Å². The second-order valence-corrected chi connectivity index (χ2v) is 27.1. The molecule has 3 fully saturated rings. The van der Waals surface area contributed by atoms with Crippen LogP contribution in [0.25, 0.3) is 0 Å². The Morgan fingerprint density at radius 1 is 0.385 bits per heavy atom. The summed E-state index contributed by atoms with van der Waals surface area (Å²) in [5.74, 6) is -0.269. The standard InChI is InChI=1S/C72H137NO18/c1-3-5-7-9-11-13-15-17-19-21-22-23-24-25-26-27-28-29-30-31-32-34-35-37-39-41-43-45-47-49-56(77)55(73-60(78)50-48-46-44-42-40-38-36-33-20-18-16-14-12-10-8-6-4-2)54-86-70-66(84)63(81)68(58(52-75)88-70)91-72-67(85)64(82)69(59(53-76)89-72)90-71-65(83)62(80)61(79)57(51-74)87-71/h47,49,55-59,61-72,74-77,79-85H,3-46,48,50-54H2,1-2H3,(H,73,78)/b49-47+. The van der Waals surface area contributed by atoms with Gasteiger partial charge >= 0.3 is 0 Å². The summed E-state index contributed by atoms with van der Waals surface area (Å²) in [6.07, 6.45) is 34.8. The molecule has 0 bridgehead atoms. The van der Waals surface area contributed by atoms with Crippen molar-refractivity contribution in [3.8, 4) is 0 Å². The summed E-state index contributed by atoms with van der Waals surface area (Å²) < 4.78 is 34.4. The van der Waals surface area contributed by atoms with Crippen molar-refractivity contribution in [1.82, 2.24) is 5.32 Å². The van der Waals surface area contributed by atoms with Crippen LogP contribution in [0.2, 0.25) is 0 Å². The Labute approximate surface area is 550 Å². The number of carbonyl (C=O) groups excluding carboxylic acids is 1. The van der Waals surface area contributed by atoms with Gasteiger partial charge in [0.1, 0.15) is 73.2 Å². The molecule has 19 nitrogen and oxygen atoms in total. The molecule has 0 aromatic carbocycles. The molecular formula is C72H137NO18. The lowest BCUT2D eigenvalue weighted by atomic mass is 9.96. The van der Waals surface area contributed by atoms with E-state index in [-0.39, 0.29) is 18.9 Å². The molecule has 0 aliphatic carbocycles. The molecule has 17 atom stereocenters. The summed E-state index contributed by atoms with van der Waals surface area (Å²) in [6.45, 7) is 1.78. The van der Waals surface area contributed by atoms with Crippen LogP contribution >= 0.6 is 0 Å². The van der Waals surface area contributed by atoms with Crippen LogP contribution in [0.15, 0.2) is 12.2 Å². The van der Waals surface area contributed by atoms with Gasteiger partial charge in [0, 0.05) is 6.42 Å². The minimum absolute atomic E-state index is 0.250. The molecule has 538 valence electrons. The molecule has 0 radical (unpaired) electrons. The lowest BCUT2D eigenvalue weighted by molar-refractivity contribution is -0.379. The minimum atomic E-state index is -1.98. The second-order valence-electron chi connectivity index (χ2n) is 27.1. The number of aliphatic hydroxyl groups excluding tert-OH is 11. The van der Waals surface area contributed by atoms with Crippen molar-refractivity contribution in [2.45, 2.75) is 413 Å². The molecule has 12 N–H and O–H groups in total. The van der Waals surface area contributed by atoms with Crippen molar-refractivity contribution in [3.05, 3.63) is 12.2 Å². The highest BCUT2D eigenvalue weighted by atomic mass is 16.8. The molecule has 0 spiro atoms. The Hall–Kier alpha value is -1.47. The van der Waals surface area contributed by atoms with Crippen molar-refractivity contribution < 1.29 is 89.4 Å². The summed E-state index contributed by atoms with van der Waals surface area (Å²) >= 11 is 0. The van der Waals surface area contributed by atoms with Gasteiger partial charge in [-0.1, -0.05) is 296 Å². The summed E-state index contributed by atoms with van der Waals surface area (Å²) in [4.78, 5) is 13.4. The molecule has 0 aromatic rings. The monoisotopic (exact) mass is 1300 g/mol. The van der Waals surface area contributed by atoms with Crippen LogP contribution in [-0.4, -0.2) is 193 Å². The van der Waals surface area contributed by atoms with Gasteiger partial charge < -0.3 is 89.9 Å². The molecule has 0 saturated carbocycles. The van der Waals surface area contributed by atoms with E-state index in [0.717, 1.165) is 44.9 Å².